The van der Waals surface area contributed by atoms with Crippen LogP contribution in [0.1, 0.15) is 36.3 Å². The maximum atomic E-state index is 13.5. The summed E-state index contributed by atoms with van der Waals surface area (Å²) >= 11 is 0. The highest BCUT2D eigenvalue weighted by Gasteiger charge is 2.24. The van der Waals surface area contributed by atoms with Crippen molar-refractivity contribution in [3.8, 4) is 11.3 Å². The highest BCUT2D eigenvalue weighted by atomic mass is 19.1. The van der Waals surface area contributed by atoms with Crippen molar-refractivity contribution in [2.45, 2.75) is 31.9 Å². The molecule has 1 aromatic carbocycles. The van der Waals surface area contributed by atoms with Gasteiger partial charge in [0.25, 0.3) is 0 Å². The van der Waals surface area contributed by atoms with Gasteiger partial charge >= 0.3 is 0 Å². The standard InChI is InChI=1S/C20H22FN5O2/c1-27-13-18-24-19(28-25-18)12-26-9-6-14(7-10-26)20-22-8-5-17(23-20)15-3-2-4-16(21)11-15/h2-5,8,11,14H,6-7,9-10,12-13H2,1H3. The summed E-state index contributed by atoms with van der Waals surface area (Å²) in [6.07, 6.45) is 3.65. The van der Waals surface area contributed by atoms with E-state index >= 15 is 0 Å². The summed E-state index contributed by atoms with van der Waals surface area (Å²) in [6, 6.07) is 8.31. The number of likely N-dealkylation sites (tertiary alicyclic amines) is 1. The first-order chi connectivity index (χ1) is 13.7. The van der Waals surface area contributed by atoms with Crippen LogP contribution in [0.2, 0.25) is 0 Å². The van der Waals surface area contributed by atoms with Crippen LogP contribution in [-0.4, -0.2) is 45.2 Å². The van der Waals surface area contributed by atoms with Gasteiger partial charge in [-0.15, -0.1) is 0 Å². The third-order valence-corrected chi connectivity index (χ3v) is 4.89. The predicted molar refractivity (Wildman–Crippen MR) is 99.7 cm³/mol. The number of nitrogens with zero attached hydrogens (tertiary/aromatic N) is 5. The molecule has 0 saturated carbocycles. The van der Waals surface area contributed by atoms with E-state index in [-0.39, 0.29) is 11.7 Å². The summed E-state index contributed by atoms with van der Waals surface area (Å²) in [6.45, 7) is 2.79. The van der Waals surface area contributed by atoms with E-state index in [2.05, 4.69) is 25.0 Å². The molecular weight excluding hydrogens is 361 g/mol. The Morgan fingerprint density at radius 3 is 2.86 bits per heavy atom. The van der Waals surface area contributed by atoms with Crippen LogP contribution < -0.4 is 0 Å². The fourth-order valence-electron chi connectivity index (χ4n) is 3.46. The number of methoxy groups -OCH3 is 1. The Balaban J connectivity index is 1.37. The first kappa shape index (κ1) is 18.6. The summed E-state index contributed by atoms with van der Waals surface area (Å²) in [7, 11) is 1.60. The molecule has 0 amide bonds. The van der Waals surface area contributed by atoms with Crippen LogP contribution in [0.5, 0.6) is 0 Å². The van der Waals surface area contributed by atoms with E-state index in [1.54, 1.807) is 19.4 Å². The molecule has 7 nitrogen and oxygen atoms in total. The first-order valence-electron chi connectivity index (χ1n) is 9.33. The van der Waals surface area contributed by atoms with Gasteiger partial charge in [0, 0.05) is 24.8 Å². The number of hydrogen-bond acceptors (Lipinski definition) is 7. The molecule has 4 rings (SSSR count). The third kappa shape index (κ3) is 4.40. The van der Waals surface area contributed by atoms with Crippen molar-refractivity contribution in [3.05, 3.63) is 59.9 Å². The highest BCUT2D eigenvalue weighted by molar-refractivity contribution is 5.58. The second-order valence-corrected chi connectivity index (χ2v) is 6.90. The van der Waals surface area contributed by atoms with Crippen molar-refractivity contribution in [3.63, 3.8) is 0 Å². The molecule has 3 aromatic rings. The van der Waals surface area contributed by atoms with Gasteiger partial charge in [-0.25, -0.2) is 14.4 Å². The van der Waals surface area contributed by atoms with Crippen LogP contribution in [0, 0.1) is 5.82 Å². The largest absolute Gasteiger partial charge is 0.377 e. The van der Waals surface area contributed by atoms with Gasteiger partial charge in [0.15, 0.2) is 5.82 Å². The molecule has 146 valence electrons. The number of piperidine rings is 1. The smallest absolute Gasteiger partial charge is 0.240 e. The van der Waals surface area contributed by atoms with Gasteiger partial charge in [0.2, 0.25) is 5.89 Å². The minimum atomic E-state index is -0.263. The molecule has 1 fully saturated rings. The maximum absolute atomic E-state index is 13.5. The lowest BCUT2D eigenvalue weighted by Crippen LogP contribution is -2.33. The Kier molecular flexibility index (Phi) is 5.68. The molecule has 0 atom stereocenters. The normalized spacial score (nSPS) is 15.8. The van der Waals surface area contributed by atoms with Crippen molar-refractivity contribution in [2.24, 2.45) is 0 Å². The Bertz CT molecular complexity index is 924. The van der Waals surface area contributed by atoms with Crippen LogP contribution in [0.15, 0.2) is 41.1 Å². The summed E-state index contributed by atoms with van der Waals surface area (Å²) in [5.74, 6) is 2.02. The van der Waals surface area contributed by atoms with Crippen LogP contribution in [-0.2, 0) is 17.9 Å². The van der Waals surface area contributed by atoms with Gasteiger partial charge in [0.05, 0.1) is 12.2 Å². The van der Waals surface area contributed by atoms with Gasteiger partial charge in [-0.1, -0.05) is 17.3 Å². The molecule has 1 aliphatic rings. The molecule has 2 aromatic heterocycles. The quantitative estimate of drug-likeness (QED) is 0.647. The lowest BCUT2D eigenvalue weighted by molar-refractivity contribution is 0.172. The van der Waals surface area contributed by atoms with E-state index in [9.17, 15) is 4.39 Å². The zero-order valence-corrected chi connectivity index (χ0v) is 15.7. The molecule has 0 N–H and O–H groups in total. The zero-order chi connectivity index (χ0) is 19.3. The minimum Gasteiger partial charge on any atom is -0.377 e. The molecule has 0 spiro atoms. The molecule has 1 saturated heterocycles. The number of ether oxygens (including phenoxy) is 1. The molecule has 1 aliphatic heterocycles. The summed E-state index contributed by atoms with van der Waals surface area (Å²) < 4.78 is 23.8. The van der Waals surface area contributed by atoms with Gasteiger partial charge in [-0.05, 0) is 44.1 Å². The molecule has 3 heterocycles. The first-order valence-corrected chi connectivity index (χ1v) is 9.33. The Hall–Kier alpha value is -2.71. The molecule has 0 bridgehead atoms. The Morgan fingerprint density at radius 2 is 2.07 bits per heavy atom. The van der Waals surface area contributed by atoms with E-state index in [4.69, 9.17) is 9.26 Å². The SMILES string of the molecule is COCc1noc(CN2CCC(c3nccc(-c4cccc(F)c4)n3)CC2)n1. The van der Waals surface area contributed by atoms with Gasteiger partial charge in [-0.3, -0.25) is 4.90 Å². The fraction of sp³-hybridized carbons (Fsp3) is 0.400. The Morgan fingerprint density at radius 1 is 1.21 bits per heavy atom. The minimum absolute atomic E-state index is 0.263. The topological polar surface area (TPSA) is 77.2 Å². The van der Waals surface area contributed by atoms with E-state index in [1.165, 1.54) is 12.1 Å². The summed E-state index contributed by atoms with van der Waals surface area (Å²) in [4.78, 5) is 15.8. The lowest BCUT2D eigenvalue weighted by atomic mass is 9.95. The predicted octanol–water partition coefficient (Wildman–Crippen LogP) is 3.19. The summed E-state index contributed by atoms with van der Waals surface area (Å²) in [5, 5.41) is 3.89. The third-order valence-electron chi connectivity index (χ3n) is 4.89. The number of halogens is 1. The second kappa shape index (κ2) is 8.53. The molecule has 0 aliphatic carbocycles. The fourth-order valence-corrected chi connectivity index (χ4v) is 3.46. The van der Waals surface area contributed by atoms with Crippen LogP contribution in [0.4, 0.5) is 4.39 Å². The molecule has 28 heavy (non-hydrogen) atoms. The van der Waals surface area contributed by atoms with Crippen molar-refractivity contribution in [1.29, 1.82) is 0 Å². The molecule has 8 heteroatoms. The molecule has 0 radical (unpaired) electrons. The van der Waals surface area contributed by atoms with Gasteiger partial charge in [0.1, 0.15) is 18.2 Å². The number of hydrogen-bond donors (Lipinski definition) is 0. The van der Waals surface area contributed by atoms with Gasteiger partial charge < -0.3 is 9.26 Å². The van der Waals surface area contributed by atoms with E-state index in [0.717, 1.165) is 43.0 Å². The number of aromatic nitrogens is 4. The van der Waals surface area contributed by atoms with Crippen molar-refractivity contribution in [2.75, 3.05) is 20.2 Å². The average molecular weight is 383 g/mol. The monoisotopic (exact) mass is 383 g/mol. The van der Waals surface area contributed by atoms with Crippen LogP contribution in [0.25, 0.3) is 11.3 Å². The van der Waals surface area contributed by atoms with Crippen LogP contribution in [0.3, 0.4) is 0 Å². The maximum Gasteiger partial charge on any atom is 0.240 e. The zero-order valence-electron chi connectivity index (χ0n) is 15.7. The average Bonchev–Trinajstić information content (AvgIpc) is 3.16. The van der Waals surface area contributed by atoms with Crippen molar-refractivity contribution < 1.29 is 13.7 Å². The second-order valence-electron chi connectivity index (χ2n) is 6.90. The highest BCUT2D eigenvalue weighted by Crippen LogP contribution is 2.28. The van der Waals surface area contributed by atoms with Crippen molar-refractivity contribution >= 4 is 0 Å². The van der Waals surface area contributed by atoms with Crippen LogP contribution >= 0.6 is 0 Å². The van der Waals surface area contributed by atoms with Crippen molar-refractivity contribution in [1.82, 2.24) is 25.0 Å². The Labute approximate surface area is 162 Å². The van der Waals surface area contributed by atoms with E-state index in [1.807, 2.05) is 12.1 Å². The van der Waals surface area contributed by atoms with E-state index in [0.29, 0.717) is 24.9 Å². The lowest BCUT2D eigenvalue weighted by Gasteiger charge is -2.30. The molecular formula is C20H22FN5O2. The molecule has 0 unspecified atom stereocenters. The van der Waals surface area contributed by atoms with E-state index < -0.39 is 0 Å². The number of rotatable bonds is 6. The summed E-state index contributed by atoms with van der Waals surface area (Å²) in [5.41, 5.74) is 1.52. The number of benzene rings is 1. The van der Waals surface area contributed by atoms with Gasteiger partial charge in [-0.2, -0.15) is 4.98 Å².